The van der Waals surface area contributed by atoms with E-state index in [-0.39, 0.29) is 49.8 Å². The van der Waals surface area contributed by atoms with Gasteiger partial charge in [0.1, 0.15) is 34.2 Å². The van der Waals surface area contributed by atoms with Crippen LogP contribution in [0.2, 0.25) is 0 Å². The van der Waals surface area contributed by atoms with Crippen molar-refractivity contribution in [3.05, 3.63) is 23.0 Å². The molecule has 2 fully saturated rings. The lowest BCUT2D eigenvalue weighted by Crippen LogP contribution is -2.70. The zero-order chi connectivity index (χ0) is 41.6. The number of nitrogens with one attached hydrogen (secondary N) is 4. The lowest BCUT2D eigenvalue weighted by Gasteiger charge is -2.36. The monoisotopic (exact) mass is 806 g/mol. The third-order valence-electron chi connectivity index (χ3n) is 7.50. The molecule has 0 spiro atoms. The Kier molecular flexibility index (Phi) is 13.2. The Hall–Kier alpha value is -5.54. The Labute approximate surface area is 327 Å². The van der Waals surface area contributed by atoms with Crippen molar-refractivity contribution in [2.24, 2.45) is 5.16 Å². The molecule has 0 radical (unpaired) electrons. The van der Waals surface area contributed by atoms with Gasteiger partial charge in [-0.1, -0.05) is 5.16 Å². The summed E-state index contributed by atoms with van der Waals surface area (Å²) in [5.74, 6) is -2.66. The van der Waals surface area contributed by atoms with Crippen molar-refractivity contribution in [2.45, 2.75) is 129 Å². The summed E-state index contributed by atoms with van der Waals surface area (Å²) >= 11 is 0.956. The first-order valence-electron chi connectivity index (χ1n) is 17.8. The maximum Gasteiger partial charge on any atom is 0.413 e. The van der Waals surface area contributed by atoms with Crippen molar-refractivity contribution in [3.63, 3.8) is 0 Å². The molecule has 0 unspecified atom stereocenters. The van der Waals surface area contributed by atoms with Gasteiger partial charge in [0.15, 0.2) is 10.8 Å². The van der Waals surface area contributed by atoms with Crippen molar-refractivity contribution in [1.82, 2.24) is 40.8 Å². The number of carbonyl (C=O) groups is 6. The van der Waals surface area contributed by atoms with E-state index in [1.807, 2.05) is 0 Å². The molecule has 5 N–H and O–H groups in total. The van der Waals surface area contributed by atoms with Gasteiger partial charge in [-0.3, -0.25) is 14.9 Å². The number of anilines is 1. The quantitative estimate of drug-likeness (QED) is 0.0570. The Morgan fingerprint density at radius 2 is 1.66 bits per heavy atom. The van der Waals surface area contributed by atoms with E-state index in [1.54, 1.807) is 62.3 Å². The van der Waals surface area contributed by atoms with E-state index in [4.69, 9.17) is 19.0 Å². The first-order chi connectivity index (χ1) is 25.9. The van der Waals surface area contributed by atoms with Gasteiger partial charge in [0.25, 0.3) is 5.91 Å². The van der Waals surface area contributed by atoms with E-state index in [0.29, 0.717) is 12.1 Å². The predicted molar refractivity (Wildman–Crippen MR) is 199 cm³/mol. The number of amides is 5. The van der Waals surface area contributed by atoms with Crippen LogP contribution in [0.1, 0.15) is 93.0 Å². The minimum Gasteiger partial charge on any atom is -0.478 e. The molecule has 1 saturated carbocycles. The van der Waals surface area contributed by atoms with Crippen LogP contribution in [-0.2, 0) is 46.5 Å². The number of rotatable bonds is 15. The number of oxime groups is 1. The van der Waals surface area contributed by atoms with Crippen molar-refractivity contribution in [3.8, 4) is 0 Å². The maximum absolute atomic E-state index is 13.6. The summed E-state index contributed by atoms with van der Waals surface area (Å²) in [6.07, 6.45) is 0.241. The molecule has 1 aliphatic carbocycles. The number of thiazole rings is 1. The first-order valence-corrected chi connectivity index (χ1v) is 18.7. The molecule has 21 nitrogen and oxygen atoms in total. The van der Waals surface area contributed by atoms with Gasteiger partial charge in [0.05, 0.1) is 25.3 Å². The lowest BCUT2D eigenvalue weighted by molar-refractivity contribution is -0.153. The second kappa shape index (κ2) is 17.1. The zero-order valence-electron chi connectivity index (χ0n) is 32.9. The van der Waals surface area contributed by atoms with Gasteiger partial charge in [-0.05, 0) is 68.7 Å². The molecule has 0 bridgehead atoms. The summed E-state index contributed by atoms with van der Waals surface area (Å²) in [6.45, 7) is 16.0. The minimum atomic E-state index is -1.59. The smallest absolute Gasteiger partial charge is 0.413 e. The topological polar surface area (TPSA) is 267 Å². The molecular formula is C34H50N10O11S. The number of hydrogen-bond donors (Lipinski definition) is 5. The van der Waals surface area contributed by atoms with Gasteiger partial charge >= 0.3 is 24.2 Å². The second-order valence-corrected chi connectivity index (χ2v) is 17.0. The summed E-state index contributed by atoms with van der Waals surface area (Å²) in [4.78, 5) is 87.6. The van der Waals surface area contributed by atoms with Crippen molar-refractivity contribution < 1.29 is 52.9 Å². The standard InChI is InChI=1S/C34H50N10O11S/c1-31(2,3)52-28(49)35-13-10-14-43(30(51)54-33(7,8)9)16-19-15-36-44(41-19)17-20-22(24(45)37-20)39-25(46)23(42-55-34(11-12-34)26(47)48)21-18-56-27(38-21)40-29(50)53-32(4,5)6/h15,18,20,22H,10-14,16-17H2,1-9H3,(H,35,49)(H,37,45)(H,39,46)(H,47,48)(H,38,40,50)/t20-,22-/m0/s1. The van der Waals surface area contributed by atoms with Crippen LogP contribution in [0.5, 0.6) is 0 Å². The molecule has 1 saturated heterocycles. The largest absolute Gasteiger partial charge is 0.478 e. The van der Waals surface area contributed by atoms with Crippen LogP contribution in [0.3, 0.4) is 0 Å². The summed E-state index contributed by atoms with van der Waals surface area (Å²) in [6, 6.07) is -1.76. The number of ether oxygens (including phenoxy) is 3. The summed E-state index contributed by atoms with van der Waals surface area (Å²) in [5.41, 5.74) is -3.87. The molecule has 22 heteroatoms. The van der Waals surface area contributed by atoms with E-state index in [1.165, 1.54) is 21.3 Å². The highest BCUT2D eigenvalue weighted by atomic mass is 32.1. The fourth-order valence-corrected chi connectivity index (χ4v) is 5.48. The number of carboxylic acid groups (broad SMARTS) is 1. The van der Waals surface area contributed by atoms with Crippen LogP contribution in [0.4, 0.5) is 19.5 Å². The Morgan fingerprint density at radius 1 is 1.02 bits per heavy atom. The van der Waals surface area contributed by atoms with E-state index in [9.17, 15) is 33.9 Å². The fraction of sp³-hybridized carbons (Fsp3) is 0.647. The highest BCUT2D eigenvalue weighted by Gasteiger charge is 2.55. The highest BCUT2D eigenvalue weighted by Crippen LogP contribution is 2.40. The van der Waals surface area contributed by atoms with Gasteiger partial charge < -0.3 is 45.0 Å². The molecule has 2 aromatic heterocycles. The normalized spacial score (nSPS) is 17.7. The number of nitrogens with zero attached hydrogens (tertiary/aromatic N) is 6. The number of alkyl carbamates (subject to hydrolysis) is 1. The van der Waals surface area contributed by atoms with E-state index >= 15 is 0 Å². The van der Waals surface area contributed by atoms with Crippen molar-refractivity contribution in [2.75, 3.05) is 18.4 Å². The molecule has 308 valence electrons. The molecule has 2 aliphatic rings. The van der Waals surface area contributed by atoms with Crippen molar-refractivity contribution in [1.29, 1.82) is 0 Å². The highest BCUT2D eigenvalue weighted by molar-refractivity contribution is 7.14. The summed E-state index contributed by atoms with van der Waals surface area (Å²) in [5, 5.41) is 34.0. The molecule has 0 aromatic carbocycles. The molecule has 2 aromatic rings. The third kappa shape index (κ3) is 13.0. The Morgan fingerprint density at radius 3 is 2.25 bits per heavy atom. The van der Waals surface area contributed by atoms with Crippen molar-refractivity contribution >= 4 is 58.2 Å². The van der Waals surface area contributed by atoms with Crippen LogP contribution in [0, 0.1) is 0 Å². The van der Waals surface area contributed by atoms with Crippen LogP contribution in [-0.4, -0.2) is 119 Å². The number of hydrogen-bond acceptors (Lipinski definition) is 15. The maximum atomic E-state index is 13.6. The van der Waals surface area contributed by atoms with Gasteiger partial charge in [0, 0.05) is 31.3 Å². The Bertz CT molecular complexity index is 1820. The fourth-order valence-electron chi connectivity index (χ4n) is 4.80. The minimum absolute atomic E-state index is 0.0224. The molecule has 56 heavy (non-hydrogen) atoms. The van der Waals surface area contributed by atoms with E-state index < -0.39 is 76.3 Å². The average molecular weight is 807 g/mol. The third-order valence-corrected chi connectivity index (χ3v) is 8.25. The van der Waals surface area contributed by atoms with Crippen LogP contribution >= 0.6 is 11.3 Å². The van der Waals surface area contributed by atoms with Gasteiger partial charge in [0.2, 0.25) is 11.5 Å². The first kappa shape index (κ1) is 43.2. The molecule has 2 atom stereocenters. The summed E-state index contributed by atoms with van der Waals surface area (Å²) in [7, 11) is 0. The zero-order valence-corrected chi connectivity index (χ0v) is 33.7. The SMILES string of the molecule is CC(C)(C)OC(=O)NCCCN(Cc1cnn(C[C@@H]2NC(=O)[C@H]2NC(=O)C(=NOC2(C(=O)O)CC2)c2csc(NC(=O)OC(C)(C)C)n2)n1)C(=O)OC(C)(C)C. The molecule has 3 heterocycles. The average Bonchev–Trinajstić information content (AvgIpc) is 3.49. The van der Waals surface area contributed by atoms with E-state index in [2.05, 4.69) is 41.6 Å². The van der Waals surface area contributed by atoms with E-state index in [0.717, 1.165) is 11.3 Å². The van der Waals surface area contributed by atoms with Crippen LogP contribution in [0.15, 0.2) is 16.7 Å². The second-order valence-electron chi connectivity index (χ2n) is 16.1. The van der Waals surface area contributed by atoms with Crippen LogP contribution < -0.4 is 21.3 Å². The van der Waals surface area contributed by atoms with Crippen LogP contribution in [0.25, 0.3) is 0 Å². The molecule has 1 aliphatic heterocycles. The number of carboxylic acids is 1. The number of aromatic nitrogens is 4. The Balaban J connectivity index is 1.41. The molecule has 4 rings (SSSR count). The number of β-lactam (4-membered cyclic amide) rings is 1. The number of aliphatic carboxylic acids is 1. The van der Waals surface area contributed by atoms with Gasteiger partial charge in [-0.25, -0.2) is 24.2 Å². The van der Waals surface area contributed by atoms with Gasteiger partial charge in [-0.15, -0.1) is 11.3 Å². The molecular weight excluding hydrogens is 756 g/mol. The number of carbonyl (C=O) groups excluding carboxylic acids is 5. The molecule has 5 amide bonds. The predicted octanol–water partition coefficient (Wildman–Crippen LogP) is 2.75. The van der Waals surface area contributed by atoms with Gasteiger partial charge in [-0.2, -0.15) is 15.0 Å². The lowest BCUT2D eigenvalue weighted by atomic mass is 9.98. The summed E-state index contributed by atoms with van der Waals surface area (Å²) < 4.78 is 16.1.